The van der Waals surface area contributed by atoms with Crippen molar-refractivity contribution in [2.45, 2.75) is 65.8 Å². The lowest BCUT2D eigenvalue weighted by Gasteiger charge is -2.46. The molecular weight excluding hydrogens is 266 g/mol. The van der Waals surface area contributed by atoms with Gasteiger partial charge >= 0.3 is 0 Å². The van der Waals surface area contributed by atoms with Gasteiger partial charge in [-0.3, -0.25) is 0 Å². The molecule has 0 fully saturated rings. The van der Waals surface area contributed by atoms with Gasteiger partial charge < -0.3 is 5.73 Å². The second kappa shape index (κ2) is 6.42. The van der Waals surface area contributed by atoms with E-state index in [0.29, 0.717) is 0 Å². The Labute approximate surface area is 136 Å². The van der Waals surface area contributed by atoms with Gasteiger partial charge in [-0.15, -0.1) is 0 Å². The average Bonchev–Trinajstić information content (AvgIpc) is 2.51. The van der Waals surface area contributed by atoms with E-state index in [1.165, 1.54) is 22.3 Å². The molecule has 0 aromatic heterocycles. The van der Waals surface area contributed by atoms with Crippen molar-refractivity contribution in [3.05, 3.63) is 53.1 Å². The first-order chi connectivity index (χ1) is 10.4. The lowest BCUT2D eigenvalue weighted by atomic mass is 9.61. The third kappa shape index (κ3) is 2.92. The Morgan fingerprint density at radius 2 is 1.73 bits per heavy atom. The maximum atomic E-state index is 6.74. The summed E-state index contributed by atoms with van der Waals surface area (Å²) in [6.07, 6.45) is 8.78. The monoisotopic (exact) mass is 297 g/mol. The van der Waals surface area contributed by atoms with Gasteiger partial charge in [-0.2, -0.15) is 0 Å². The van der Waals surface area contributed by atoms with Gasteiger partial charge in [0, 0.05) is 11.0 Å². The molecule has 2 N–H and O–H groups in total. The van der Waals surface area contributed by atoms with Crippen LogP contribution < -0.4 is 5.73 Å². The molecule has 0 saturated carbocycles. The SMILES string of the molecule is CC/C=C1\C(N)(CC)CC=C(c2ccc(CC)cc2)C1(C)C. The molecule has 1 aliphatic carbocycles. The topological polar surface area (TPSA) is 26.0 Å². The van der Waals surface area contributed by atoms with Crippen molar-refractivity contribution in [3.8, 4) is 0 Å². The van der Waals surface area contributed by atoms with Gasteiger partial charge in [0.05, 0.1) is 0 Å². The molecule has 1 heteroatoms. The largest absolute Gasteiger partial charge is 0.321 e. The number of rotatable bonds is 4. The van der Waals surface area contributed by atoms with Crippen LogP contribution in [0.3, 0.4) is 0 Å². The summed E-state index contributed by atoms with van der Waals surface area (Å²) in [6.45, 7) is 11.3. The summed E-state index contributed by atoms with van der Waals surface area (Å²) >= 11 is 0. The molecule has 1 aliphatic rings. The Morgan fingerprint density at radius 3 is 2.23 bits per heavy atom. The number of nitrogens with two attached hydrogens (primary N) is 1. The highest BCUT2D eigenvalue weighted by Gasteiger charge is 2.42. The zero-order chi connectivity index (χ0) is 16.4. The van der Waals surface area contributed by atoms with E-state index in [2.05, 4.69) is 71.0 Å². The van der Waals surface area contributed by atoms with Gasteiger partial charge in [0.1, 0.15) is 0 Å². The van der Waals surface area contributed by atoms with Crippen molar-refractivity contribution < 1.29 is 0 Å². The van der Waals surface area contributed by atoms with Gasteiger partial charge in [0.2, 0.25) is 0 Å². The van der Waals surface area contributed by atoms with E-state index in [4.69, 9.17) is 5.73 Å². The molecule has 1 unspecified atom stereocenters. The summed E-state index contributed by atoms with van der Waals surface area (Å²) in [6, 6.07) is 9.04. The van der Waals surface area contributed by atoms with Gasteiger partial charge in [-0.05, 0) is 48.0 Å². The Hall–Kier alpha value is -1.34. The molecule has 22 heavy (non-hydrogen) atoms. The van der Waals surface area contributed by atoms with E-state index in [-0.39, 0.29) is 11.0 Å². The predicted octanol–water partition coefficient (Wildman–Crippen LogP) is 5.51. The van der Waals surface area contributed by atoms with Crippen LogP contribution in [-0.2, 0) is 6.42 Å². The first kappa shape index (κ1) is 17.0. The van der Waals surface area contributed by atoms with Crippen LogP contribution in [0.5, 0.6) is 0 Å². The lowest BCUT2D eigenvalue weighted by molar-refractivity contribution is 0.385. The van der Waals surface area contributed by atoms with Crippen LogP contribution >= 0.6 is 0 Å². The number of allylic oxidation sites excluding steroid dienone is 2. The van der Waals surface area contributed by atoms with Crippen LogP contribution in [0.25, 0.3) is 5.57 Å². The number of benzene rings is 1. The normalized spacial score (nSPS) is 26.1. The summed E-state index contributed by atoms with van der Waals surface area (Å²) in [5, 5.41) is 0. The van der Waals surface area contributed by atoms with Crippen molar-refractivity contribution in [3.63, 3.8) is 0 Å². The minimum absolute atomic E-state index is 0.00719. The van der Waals surface area contributed by atoms with Gasteiger partial charge in [0.15, 0.2) is 0 Å². The Balaban J connectivity index is 2.50. The number of hydrogen-bond acceptors (Lipinski definition) is 1. The van der Waals surface area contributed by atoms with E-state index in [9.17, 15) is 0 Å². The lowest BCUT2D eigenvalue weighted by Crippen LogP contribution is -2.48. The molecule has 2 rings (SSSR count). The zero-order valence-corrected chi connectivity index (χ0v) is 14.9. The molecule has 120 valence electrons. The van der Waals surface area contributed by atoms with E-state index in [1.54, 1.807) is 0 Å². The Morgan fingerprint density at radius 1 is 1.09 bits per heavy atom. The van der Waals surface area contributed by atoms with Crippen LogP contribution in [0.15, 0.2) is 42.0 Å². The Kier molecular flexibility index (Phi) is 4.97. The van der Waals surface area contributed by atoms with Crippen molar-refractivity contribution in [2.75, 3.05) is 0 Å². The number of hydrogen-bond donors (Lipinski definition) is 1. The first-order valence-corrected chi connectivity index (χ1v) is 8.69. The highest BCUT2D eigenvalue weighted by molar-refractivity contribution is 5.75. The van der Waals surface area contributed by atoms with Crippen molar-refractivity contribution in [1.82, 2.24) is 0 Å². The standard InChI is InChI=1S/C21H31N/c1-6-9-19-20(4,5)18(14-15-21(19,22)8-3)17-12-10-16(7-2)11-13-17/h9-14H,6-8,15,22H2,1-5H3/b19-9-. The van der Waals surface area contributed by atoms with E-state index in [1.807, 2.05) is 0 Å². The maximum absolute atomic E-state index is 6.74. The van der Waals surface area contributed by atoms with Crippen molar-refractivity contribution in [1.29, 1.82) is 0 Å². The summed E-state index contributed by atoms with van der Waals surface area (Å²) in [5.74, 6) is 0. The maximum Gasteiger partial charge on any atom is 0.0409 e. The van der Waals surface area contributed by atoms with E-state index < -0.39 is 0 Å². The molecule has 0 bridgehead atoms. The summed E-state index contributed by atoms with van der Waals surface area (Å²) in [4.78, 5) is 0. The highest BCUT2D eigenvalue weighted by Crippen LogP contribution is 2.50. The quantitative estimate of drug-likeness (QED) is 0.729. The zero-order valence-electron chi connectivity index (χ0n) is 14.9. The third-order valence-corrected chi connectivity index (χ3v) is 5.27. The molecule has 0 saturated heterocycles. The fourth-order valence-corrected chi connectivity index (χ4v) is 3.81. The first-order valence-electron chi connectivity index (χ1n) is 8.69. The van der Waals surface area contributed by atoms with Gasteiger partial charge in [0.25, 0.3) is 0 Å². The third-order valence-electron chi connectivity index (χ3n) is 5.27. The molecule has 1 aromatic carbocycles. The predicted molar refractivity (Wildman–Crippen MR) is 97.8 cm³/mol. The molecular formula is C21H31N. The minimum Gasteiger partial charge on any atom is -0.321 e. The van der Waals surface area contributed by atoms with Crippen molar-refractivity contribution >= 4 is 5.57 Å². The van der Waals surface area contributed by atoms with E-state index in [0.717, 1.165) is 25.7 Å². The average molecular weight is 297 g/mol. The fraction of sp³-hybridized carbons (Fsp3) is 0.524. The Bertz CT molecular complexity index is 574. The van der Waals surface area contributed by atoms with Crippen LogP contribution in [0.1, 0.15) is 65.0 Å². The van der Waals surface area contributed by atoms with Crippen molar-refractivity contribution in [2.24, 2.45) is 11.1 Å². The van der Waals surface area contributed by atoms with Crippen LogP contribution in [0.2, 0.25) is 0 Å². The fourth-order valence-electron chi connectivity index (χ4n) is 3.81. The summed E-state index contributed by atoms with van der Waals surface area (Å²) < 4.78 is 0. The van der Waals surface area contributed by atoms with Crippen LogP contribution in [0, 0.1) is 5.41 Å². The molecule has 0 aliphatic heterocycles. The summed E-state index contributed by atoms with van der Waals surface area (Å²) in [5.41, 5.74) is 12.1. The van der Waals surface area contributed by atoms with Crippen LogP contribution in [0.4, 0.5) is 0 Å². The minimum atomic E-state index is -0.188. The number of aryl methyl sites for hydroxylation is 1. The highest BCUT2D eigenvalue weighted by atomic mass is 14.8. The molecule has 0 radical (unpaired) electrons. The smallest absolute Gasteiger partial charge is 0.0409 e. The molecule has 1 atom stereocenters. The second-order valence-electron chi connectivity index (χ2n) is 7.03. The molecule has 1 aromatic rings. The van der Waals surface area contributed by atoms with Gasteiger partial charge in [-0.1, -0.05) is 71.0 Å². The second-order valence-corrected chi connectivity index (χ2v) is 7.03. The van der Waals surface area contributed by atoms with Gasteiger partial charge in [-0.25, -0.2) is 0 Å². The van der Waals surface area contributed by atoms with E-state index >= 15 is 0 Å². The van der Waals surface area contributed by atoms with Crippen LogP contribution in [-0.4, -0.2) is 5.54 Å². The molecule has 0 spiro atoms. The molecule has 1 nitrogen and oxygen atoms in total. The summed E-state index contributed by atoms with van der Waals surface area (Å²) in [7, 11) is 0. The molecule has 0 amide bonds. The molecule has 0 heterocycles.